The lowest BCUT2D eigenvalue weighted by molar-refractivity contribution is 0.669. The smallest absolute Gasteiger partial charge is 0.164 e. The number of rotatable bonds is 4. The summed E-state index contributed by atoms with van der Waals surface area (Å²) >= 11 is 0. The van der Waals surface area contributed by atoms with E-state index in [2.05, 4.69) is 0 Å². The van der Waals surface area contributed by atoms with E-state index in [0.29, 0.717) is 22.8 Å². The Bertz CT molecular complexity index is 2240. The zero-order valence-corrected chi connectivity index (χ0v) is 19.3. The Hall–Kier alpha value is -5.09. The predicted octanol–water partition coefficient (Wildman–Crippen LogP) is 8.44. The Balaban J connectivity index is 1.54. The van der Waals surface area contributed by atoms with E-state index in [9.17, 15) is 0 Å². The number of hydrogen-bond acceptors (Lipinski definition) is 4. The molecule has 0 atom stereocenters. The lowest BCUT2D eigenvalue weighted by Crippen LogP contribution is -2.00. The van der Waals surface area contributed by atoms with Gasteiger partial charge in [-0.25, -0.2) is 15.0 Å². The number of furan rings is 1. The van der Waals surface area contributed by atoms with Gasteiger partial charge >= 0.3 is 0 Å². The Morgan fingerprint density at radius 2 is 1.03 bits per heavy atom. The fourth-order valence-electron chi connectivity index (χ4n) is 4.30. The van der Waals surface area contributed by atoms with Crippen LogP contribution in [-0.2, 0) is 0 Å². The van der Waals surface area contributed by atoms with E-state index in [4.69, 9.17) is 29.0 Å². The highest BCUT2D eigenvalue weighted by Crippen LogP contribution is 2.36. The second kappa shape index (κ2) is 8.85. The number of benzene rings is 5. The van der Waals surface area contributed by atoms with Gasteiger partial charge in [0.1, 0.15) is 11.2 Å². The van der Waals surface area contributed by atoms with E-state index in [1.165, 1.54) is 0 Å². The second-order valence-corrected chi connectivity index (χ2v) is 8.38. The summed E-state index contributed by atoms with van der Waals surface area (Å²) in [7, 11) is 0. The average Bonchev–Trinajstić information content (AvgIpc) is 3.47. The molecule has 2 heterocycles. The minimum Gasteiger partial charge on any atom is -0.456 e. The molecule has 37 heavy (non-hydrogen) atoms. The molecule has 7 rings (SSSR count). The fraction of sp³-hybridized carbons (Fsp3) is 0. The molecule has 5 aromatic carbocycles. The molecule has 0 amide bonds. The molecular weight excluding hydrogens is 454 g/mol. The van der Waals surface area contributed by atoms with Crippen LogP contribution >= 0.6 is 0 Å². The number of nitrogens with zero attached hydrogens (tertiary/aromatic N) is 3. The van der Waals surface area contributed by atoms with Crippen molar-refractivity contribution in [3.05, 3.63) is 127 Å². The van der Waals surface area contributed by atoms with Crippen LogP contribution in [-0.4, -0.2) is 15.0 Å². The number of hydrogen-bond donors (Lipinski definition) is 0. The molecule has 0 aliphatic carbocycles. The minimum atomic E-state index is -0.486. The summed E-state index contributed by atoms with van der Waals surface area (Å²) in [6, 6.07) is 23.9. The predicted molar refractivity (Wildman–Crippen MR) is 149 cm³/mol. The molecule has 174 valence electrons. The summed E-state index contributed by atoms with van der Waals surface area (Å²) < 4.78 is 65.3. The van der Waals surface area contributed by atoms with Crippen molar-refractivity contribution in [1.29, 1.82) is 0 Å². The maximum atomic E-state index is 8.92. The third-order valence-electron chi connectivity index (χ3n) is 6.09. The van der Waals surface area contributed by atoms with Crippen LogP contribution in [0.5, 0.6) is 0 Å². The van der Waals surface area contributed by atoms with Gasteiger partial charge in [-0.05, 0) is 23.2 Å². The van der Waals surface area contributed by atoms with E-state index in [1.807, 2.05) is 84.9 Å². The molecule has 0 spiro atoms. The van der Waals surface area contributed by atoms with E-state index in [1.54, 1.807) is 0 Å². The highest BCUT2D eigenvalue weighted by atomic mass is 16.3. The first-order valence-electron chi connectivity index (χ1n) is 15.1. The van der Waals surface area contributed by atoms with Gasteiger partial charge in [-0.3, -0.25) is 0 Å². The highest BCUT2D eigenvalue weighted by Gasteiger charge is 2.17. The summed E-state index contributed by atoms with van der Waals surface area (Å²) in [5, 5.41) is 0.0759. The normalized spacial score (nSPS) is 13.9. The molecule has 0 fully saturated rings. The average molecular weight is 483 g/mol. The molecule has 0 bridgehead atoms. The van der Waals surface area contributed by atoms with Crippen molar-refractivity contribution in [2.75, 3.05) is 0 Å². The van der Waals surface area contributed by atoms with Crippen LogP contribution < -0.4 is 0 Å². The largest absolute Gasteiger partial charge is 0.456 e. The molecule has 0 saturated heterocycles. The summed E-state index contributed by atoms with van der Waals surface area (Å²) in [6.45, 7) is 0. The van der Waals surface area contributed by atoms with Crippen LogP contribution in [0.1, 0.15) is 9.60 Å². The van der Waals surface area contributed by atoms with Crippen molar-refractivity contribution < 1.29 is 14.0 Å². The van der Waals surface area contributed by atoms with Crippen LogP contribution in [0.25, 0.3) is 67.2 Å². The maximum Gasteiger partial charge on any atom is 0.164 e. The number of para-hydroxylation sites is 1. The number of aromatic nitrogens is 3. The quantitative estimate of drug-likeness (QED) is 0.253. The summed E-state index contributed by atoms with van der Waals surface area (Å²) in [6.07, 6.45) is 0. The van der Waals surface area contributed by atoms with Gasteiger partial charge in [0.2, 0.25) is 0 Å². The first-order valence-corrected chi connectivity index (χ1v) is 11.6. The Morgan fingerprint density at radius 3 is 1.76 bits per heavy atom. The van der Waals surface area contributed by atoms with Gasteiger partial charge in [0, 0.05) is 27.5 Å². The number of fused-ring (bicyclic) bond motifs is 3. The van der Waals surface area contributed by atoms with E-state index in [0.717, 1.165) is 11.1 Å². The minimum absolute atomic E-state index is 0.00145. The van der Waals surface area contributed by atoms with Gasteiger partial charge in [0.15, 0.2) is 17.5 Å². The van der Waals surface area contributed by atoms with Gasteiger partial charge < -0.3 is 4.42 Å². The van der Waals surface area contributed by atoms with Gasteiger partial charge in [0.05, 0.1) is 9.60 Å². The molecule has 4 nitrogen and oxygen atoms in total. The van der Waals surface area contributed by atoms with Crippen molar-refractivity contribution in [1.82, 2.24) is 15.0 Å². The highest BCUT2D eigenvalue weighted by molar-refractivity contribution is 6.11. The standard InChI is InChI=1S/C33H21N3O/c1-3-10-22(11-4-1)23-18-20-25(21-19-23)32-34-31(24-12-5-2-6-13-24)35-33(36-32)27-15-9-17-29-30(27)26-14-7-8-16-28(26)37-29/h1-21H/i7D,8D,9D,14D,15D,16D,17D. The van der Waals surface area contributed by atoms with Crippen LogP contribution in [0, 0.1) is 0 Å². The first kappa shape index (κ1) is 15.1. The van der Waals surface area contributed by atoms with E-state index < -0.39 is 30.2 Å². The molecule has 2 aromatic heterocycles. The van der Waals surface area contributed by atoms with E-state index >= 15 is 0 Å². The van der Waals surface area contributed by atoms with Crippen LogP contribution in [0.4, 0.5) is 0 Å². The molecule has 0 N–H and O–H groups in total. The third kappa shape index (κ3) is 3.85. The molecule has 0 unspecified atom stereocenters. The summed E-state index contributed by atoms with van der Waals surface area (Å²) in [5.74, 6) is 0.623. The van der Waals surface area contributed by atoms with Gasteiger partial charge in [-0.2, -0.15) is 0 Å². The molecule has 7 aromatic rings. The zero-order valence-electron chi connectivity index (χ0n) is 26.3. The van der Waals surface area contributed by atoms with Crippen molar-refractivity contribution in [2.24, 2.45) is 0 Å². The molecule has 0 aliphatic rings. The lowest BCUT2D eigenvalue weighted by Gasteiger charge is -2.10. The SMILES string of the molecule is [2H]c1c([2H])c([2H])c2c(oc3c([2H])c([2H])c([2H])c(-c4nc(-c5ccccc5)nc(-c5ccc(-c6ccccc6)cc5)n4)c32)c1[2H]. The van der Waals surface area contributed by atoms with Crippen LogP contribution in [0.3, 0.4) is 0 Å². The van der Waals surface area contributed by atoms with Crippen molar-refractivity contribution in [3.8, 4) is 45.3 Å². The Labute approximate surface area is 223 Å². The second-order valence-electron chi connectivity index (χ2n) is 8.38. The molecule has 4 heteroatoms. The fourth-order valence-corrected chi connectivity index (χ4v) is 4.30. The monoisotopic (exact) mass is 482 g/mol. The molecule has 0 aliphatic heterocycles. The topological polar surface area (TPSA) is 51.8 Å². The first-order chi connectivity index (χ1) is 21.2. The summed E-state index contributed by atoms with van der Waals surface area (Å²) in [4.78, 5) is 14.2. The van der Waals surface area contributed by atoms with Crippen molar-refractivity contribution in [2.45, 2.75) is 0 Å². The van der Waals surface area contributed by atoms with Crippen LogP contribution in [0.2, 0.25) is 0 Å². The molecular formula is C33H21N3O. The Kier molecular flexibility index (Phi) is 3.61. The third-order valence-corrected chi connectivity index (χ3v) is 6.09. The van der Waals surface area contributed by atoms with Gasteiger partial charge in [0.25, 0.3) is 0 Å². The zero-order chi connectivity index (χ0) is 30.7. The molecule has 0 radical (unpaired) electrons. The van der Waals surface area contributed by atoms with Crippen molar-refractivity contribution >= 4 is 21.9 Å². The van der Waals surface area contributed by atoms with Gasteiger partial charge in [-0.15, -0.1) is 0 Å². The summed E-state index contributed by atoms with van der Waals surface area (Å²) in [5.41, 5.74) is 3.13. The van der Waals surface area contributed by atoms with Crippen LogP contribution in [0.15, 0.2) is 132 Å². The Morgan fingerprint density at radius 1 is 0.486 bits per heavy atom. The van der Waals surface area contributed by atoms with Crippen molar-refractivity contribution in [3.63, 3.8) is 0 Å². The maximum absolute atomic E-state index is 8.92. The van der Waals surface area contributed by atoms with Gasteiger partial charge in [-0.1, -0.05) is 115 Å². The lowest BCUT2D eigenvalue weighted by atomic mass is 10.0. The molecule has 0 saturated carbocycles. The van der Waals surface area contributed by atoms with E-state index in [-0.39, 0.29) is 45.4 Å².